The second-order valence-electron chi connectivity index (χ2n) is 7.21. The average molecular weight is 572 g/mol. The van der Waals surface area contributed by atoms with Crippen molar-refractivity contribution in [1.29, 1.82) is 0 Å². The summed E-state index contributed by atoms with van der Waals surface area (Å²) in [7, 11) is -1.54. The van der Waals surface area contributed by atoms with Crippen LogP contribution in [0.1, 0.15) is 12.8 Å². The third-order valence-corrected chi connectivity index (χ3v) is 8.06. The molecule has 0 saturated carbocycles. The molecule has 2 heterocycles. The van der Waals surface area contributed by atoms with Crippen LogP contribution in [0.2, 0.25) is 0 Å². The van der Waals surface area contributed by atoms with E-state index in [4.69, 9.17) is 0 Å². The molecule has 0 bridgehead atoms. The minimum atomic E-state index is -3.22. The second kappa shape index (κ2) is 12.3. The number of hydrogen-bond donors (Lipinski definition) is 2. The van der Waals surface area contributed by atoms with E-state index in [1.807, 2.05) is 6.07 Å². The molecule has 0 atom stereocenters. The van der Waals surface area contributed by atoms with Crippen LogP contribution in [-0.2, 0) is 10.0 Å². The lowest BCUT2D eigenvalue weighted by Gasteiger charge is -2.34. The molecule has 2 fully saturated rings. The summed E-state index contributed by atoms with van der Waals surface area (Å²) in [6.45, 7) is 3.19. The summed E-state index contributed by atoms with van der Waals surface area (Å²) < 4.78 is 39.9. The number of anilines is 1. The Kier molecular flexibility index (Phi) is 10.4. The van der Waals surface area contributed by atoms with Crippen molar-refractivity contribution in [3.8, 4) is 0 Å². The maximum Gasteiger partial charge on any atom is 0.215 e. The number of halogens is 2. The van der Waals surface area contributed by atoms with Gasteiger partial charge in [0.15, 0.2) is 5.96 Å². The summed E-state index contributed by atoms with van der Waals surface area (Å²) in [4.78, 5) is 6.40. The summed E-state index contributed by atoms with van der Waals surface area (Å²) >= 11 is 1.79. The van der Waals surface area contributed by atoms with Crippen molar-refractivity contribution in [2.24, 2.45) is 4.99 Å². The largest absolute Gasteiger partial charge is 0.371 e. The Morgan fingerprint density at radius 3 is 2.57 bits per heavy atom. The zero-order valence-corrected chi connectivity index (χ0v) is 21.2. The number of sulfonamides is 1. The van der Waals surface area contributed by atoms with Gasteiger partial charge in [0.05, 0.1) is 5.75 Å². The molecule has 0 spiro atoms. The maximum atomic E-state index is 13.4. The number of nitrogens with one attached hydrogen (secondary N) is 2. The molecule has 0 amide bonds. The highest BCUT2D eigenvalue weighted by Crippen LogP contribution is 2.20. The lowest BCUT2D eigenvalue weighted by molar-refractivity contribution is 0.442. The Morgan fingerprint density at radius 2 is 1.93 bits per heavy atom. The zero-order chi connectivity index (χ0) is 20.7. The van der Waals surface area contributed by atoms with E-state index >= 15 is 0 Å². The number of aliphatic imine (C=N–C) groups is 1. The summed E-state index contributed by atoms with van der Waals surface area (Å²) in [5.74, 6) is 2.20. The summed E-state index contributed by atoms with van der Waals surface area (Å²) in [5, 5.41) is 6.51. The standard InChI is InChI=1S/C19H30FN5O2S2.HI/c1-21-19(22-7-14-29(26,27)25-10-12-28-13-11-25)23-17-5-8-24(9-6-17)18-4-2-3-16(20)15-18;/h2-4,15,17H,5-14H2,1H3,(H2,21,22,23);1H. The van der Waals surface area contributed by atoms with Crippen molar-refractivity contribution in [3.05, 3.63) is 30.1 Å². The predicted octanol–water partition coefficient (Wildman–Crippen LogP) is 1.96. The Morgan fingerprint density at radius 1 is 1.23 bits per heavy atom. The molecule has 2 saturated heterocycles. The van der Waals surface area contributed by atoms with Crippen LogP contribution in [0.25, 0.3) is 0 Å². The molecule has 2 aliphatic rings. The van der Waals surface area contributed by atoms with Gasteiger partial charge in [-0.3, -0.25) is 4.99 Å². The molecule has 2 aliphatic heterocycles. The maximum absolute atomic E-state index is 13.4. The van der Waals surface area contributed by atoms with Crippen LogP contribution in [0.5, 0.6) is 0 Å². The first-order valence-electron chi connectivity index (χ1n) is 10.0. The number of guanidine groups is 1. The van der Waals surface area contributed by atoms with Gasteiger partial charge < -0.3 is 15.5 Å². The van der Waals surface area contributed by atoms with E-state index in [0.29, 0.717) is 25.6 Å². The molecule has 0 aliphatic carbocycles. The molecular weight excluding hydrogens is 540 g/mol. The summed E-state index contributed by atoms with van der Waals surface area (Å²) in [6, 6.07) is 6.94. The zero-order valence-electron chi connectivity index (χ0n) is 17.2. The van der Waals surface area contributed by atoms with Crippen LogP contribution < -0.4 is 15.5 Å². The highest BCUT2D eigenvalue weighted by molar-refractivity contribution is 14.0. The topological polar surface area (TPSA) is 77.0 Å². The minimum Gasteiger partial charge on any atom is -0.371 e. The number of thioether (sulfide) groups is 1. The normalized spacial score (nSPS) is 19.3. The Balaban J connectivity index is 0.00000320. The Bertz CT molecular complexity index is 798. The summed E-state index contributed by atoms with van der Waals surface area (Å²) in [6.07, 6.45) is 1.81. The molecule has 0 radical (unpaired) electrons. The van der Waals surface area contributed by atoms with Crippen LogP contribution in [0.15, 0.2) is 29.3 Å². The van der Waals surface area contributed by atoms with E-state index in [0.717, 1.165) is 43.1 Å². The van der Waals surface area contributed by atoms with Gasteiger partial charge in [-0.2, -0.15) is 11.8 Å². The van der Waals surface area contributed by atoms with E-state index in [2.05, 4.69) is 20.5 Å². The molecule has 11 heteroatoms. The Labute approximate surface area is 200 Å². The first kappa shape index (κ1) is 25.5. The van der Waals surface area contributed by atoms with E-state index in [1.165, 1.54) is 6.07 Å². The van der Waals surface area contributed by atoms with Crippen molar-refractivity contribution in [2.75, 3.05) is 61.9 Å². The lowest BCUT2D eigenvalue weighted by Crippen LogP contribution is -2.50. The smallest absolute Gasteiger partial charge is 0.215 e. The number of piperidine rings is 1. The third-order valence-electron chi connectivity index (χ3n) is 5.25. The second-order valence-corrected chi connectivity index (χ2v) is 10.5. The van der Waals surface area contributed by atoms with Gasteiger partial charge >= 0.3 is 0 Å². The first-order chi connectivity index (χ1) is 14.0. The van der Waals surface area contributed by atoms with Gasteiger partial charge in [-0.05, 0) is 31.0 Å². The molecule has 30 heavy (non-hydrogen) atoms. The third kappa shape index (κ3) is 7.41. The highest BCUT2D eigenvalue weighted by Gasteiger charge is 2.24. The molecule has 2 N–H and O–H groups in total. The highest BCUT2D eigenvalue weighted by atomic mass is 127. The van der Waals surface area contributed by atoms with E-state index in [-0.39, 0.29) is 41.6 Å². The molecule has 0 unspecified atom stereocenters. The molecule has 0 aromatic heterocycles. The van der Waals surface area contributed by atoms with Gasteiger partial charge in [0.1, 0.15) is 5.82 Å². The van der Waals surface area contributed by atoms with Crippen LogP contribution in [0.3, 0.4) is 0 Å². The van der Waals surface area contributed by atoms with Gasteiger partial charge in [0.2, 0.25) is 10.0 Å². The van der Waals surface area contributed by atoms with Gasteiger partial charge in [0, 0.05) is 63.0 Å². The average Bonchev–Trinajstić information content (AvgIpc) is 2.74. The van der Waals surface area contributed by atoms with Crippen molar-refractivity contribution in [2.45, 2.75) is 18.9 Å². The molecule has 1 aromatic carbocycles. The van der Waals surface area contributed by atoms with Gasteiger partial charge in [-0.1, -0.05) is 6.07 Å². The lowest BCUT2D eigenvalue weighted by atomic mass is 10.0. The van der Waals surface area contributed by atoms with Crippen molar-refractivity contribution in [1.82, 2.24) is 14.9 Å². The molecule has 7 nitrogen and oxygen atoms in total. The van der Waals surface area contributed by atoms with E-state index in [1.54, 1.807) is 35.2 Å². The number of benzene rings is 1. The molecular formula is C19H31FIN5O2S2. The molecule has 1 aromatic rings. The minimum absolute atomic E-state index is 0. The van der Waals surface area contributed by atoms with E-state index in [9.17, 15) is 12.8 Å². The monoisotopic (exact) mass is 571 g/mol. The van der Waals surface area contributed by atoms with Gasteiger partial charge in [0.25, 0.3) is 0 Å². The van der Waals surface area contributed by atoms with Gasteiger partial charge in [-0.25, -0.2) is 17.1 Å². The quantitative estimate of drug-likeness (QED) is 0.309. The molecule has 3 rings (SSSR count). The fourth-order valence-electron chi connectivity index (χ4n) is 3.60. The van der Waals surface area contributed by atoms with Crippen LogP contribution in [0, 0.1) is 5.82 Å². The van der Waals surface area contributed by atoms with Crippen LogP contribution in [0.4, 0.5) is 10.1 Å². The van der Waals surface area contributed by atoms with Crippen molar-refractivity contribution >= 4 is 57.4 Å². The fourth-order valence-corrected chi connectivity index (χ4v) is 6.09. The fraction of sp³-hybridized carbons (Fsp3) is 0.632. The van der Waals surface area contributed by atoms with Crippen LogP contribution in [-0.4, -0.2) is 81.8 Å². The molecule has 170 valence electrons. The van der Waals surface area contributed by atoms with Crippen molar-refractivity contribution in [3.63, 3.8) is 0 Å². The summed E-state index contributed by atoms with van der Waals surface area (Å²) in [5.41, 5.74) is 0.910. The van der Waals surface area contributed by atoms with Crippen molar-refractivity contribution < 1.29 is 12.8 Å². The number of rotatable bonds is 6. The number of nitrogens with zero attached hydrogens (tertiary/aromatic N) is 3. The SMILES string of the molecule is CN=C(NCCS(=O)(=O)N1CCSCC1)NC1CCN(c2cccc(F)c2)CC1.I. The first-order valence-corrected chi connectivity index (χ1v) is 12.8. The Hall–Kier alpha value is -0.790. The van der Waals surface area contributed by atoms with Crippen LogP contribution >= 0.6 is 35.7 Å². The predicted molar refractivity (Wildman–Crippen MR) is 134 cm³/mol. The van der Waals surface area contributed by atoms with Gasteiger partial charge in [-0.15, -0.1) is 24.0 Å². The number of hydrogen-bond acceptors (Lipinski definition) is 5. The van der Waals surface area contributed by atoms with E-state index < -0.39 is 10.0 Å².